The van der Waals surface area contributed by atoms with E-state index in [1.165, 1.54) is 14.1 Å². The summed E-state index contributed by atoms with van der Waals surface area (Å²) in [6.07, 6.45) is 0.436. The van der Waals surface area contributed by atoms with Gasteiger partial charge in [-0.3, -0.25) is 9.13 Å². The van der Waals surface area contributed by atoms with Gasteiger partial charge in [-0.2, -0.15) is 0 Å². The highest BCUT2D eigenvalue weighted by Gasteiger charge is 2.55. The summed E-state index contributed by atoms with van der Waals surface area (Å²) in [6, 6.07) is 1.84. The third kappa shape index (κ3) is 3.75. The molecule has 0 unspecified atom stereocenters. The topological polar surface area (TPSA) is 122 Å². The minimum absolute atomic E-state index is 0.0646. The minimum Gasteiger partial charge on any atom is -0.479 e. The minimum atomic E-state index is -1.47. The average molecular weight is 460 g/mol. The van der Waals surface area contributed by atoms with E-state index in [1.807, 2.05) is 0 Å². The molecule has 0 bridgehead atoms. The number of hydrogen-bond acceptors (Lipinski definition) is 7. The molecule has 0 amide bonds. The molecule has 30 heavy (non-hydrogen) atoms. The number of hydrogen-bond donors (Lipinski definition) is 1. The van der Waals surface area contributed by atoms with Crippen molar-refractivity contribution in [2.24, 2.45) is 14.1 Å². The van der Waals surface area contributed by atoms with Crippen molar-refractivity contribution in [2.45, 2.75) is 18.4 Å². The SMILES string of the molecule is Cn1c(=S)n(C)c(=O)n(-c2cc(OC3(C(=O)OCC(=O)O)CC3)c(Cl)cc2F)c1=O. The molecule has 1 aromatic heterocycles. The molecule has 2 aromatic rings. The maximum Gasteiger partial charge on any atom is 0.351 e. The van der Waals surface area contributed by atoms with Crippen molar-refractivity contribution < 1.29 is 28.6 Å². The number of halogens is 2. The molecule has 3 rings (SSSR count). The first kappa shape index (κ1) is 21.7. The van der Waals surface area contributed by atoms with Crippen LogP contribution in [-0.2, 0) is 28.4 Å². The van der Waals surface area contributed by atoms with Crippen LogP contribution in [0.3, 0.4) is 0 Å². The van der Waals surface area contributed by atoms with Gasteiger partial charge in [0.05, 0.1) is 10.7 Å². The second-order valence-electron chi connectivity index (χ2n) is 6.60. The highest BCUT2D eigenvalue weighted by Crippen LogP contribution is 2.44. The summed E-state index contributed by atoms with van der Waals surface area (Å²) in [5, 5.41) is 8.42. The van der Waals surface area contributed by atoms with Gasteiger partial charge in [-0.1, -0.05) is 11.6 Å². The van der Waals surface area contributed by atoms with Crippen molar-refractivity contribution in [3.8, 4) is 11.4 Å². The first-order valence-corrected chi connectivity index (χ1v) is 9.23. The van der Waals surface area contributed by atoms with Crippen LogP contribution in [0.1, 0.15) is 12.8 Å². The van der Waals surface area contributed by atoms with Crippen molar-refractivity contribution in [3.05, 3.63) is 48.7 Å². The first-order valence-electron chi connectivity index (χ1n) is 8.45. The maximum atomic E-state index is 14.6. The first-order chi connectivity index (χ1) is 14.0. The summed E-state index contributed by atoms with van der Waals surface area (Å²) >= 11 is 11.0. The molecule has 1 aromatic carbocycles. The fourth-order valence-electron chi connectivity index (χ4n) is 2.68. The predicted octanol–water partition coefficient (Wildman–Crippen LogP) is 0.936. The van der Waals surface area contributed by atoms with Gasteiger partial charge in [0.1, 0.15) is 11.6 Å². The van der Waals surface area contributed by atoms with Gasteiger partial charge in [0.25, 0.3) is 0 Å². The fraction of sp³-hybridized carbons (Fsp3) is 0.353. The molecule has 0 atom stereocenters. The van der Waals surface area contributed by atoms with Gasteiger partial charge in [0, 0.05) is 33.0 Å². The maximum absolute atomic E-state index is 14.6. The van der Waals surface area contributed by atoms with E-state index >= 15 is 0 Å². The van der Waals surface area contributed by atoms with Crippen molar-refractivity contribution in [1.82, 2.24) is 13.7 Å². The van der Waals surface area contributed by atoms with Gasteiger partial charge in [-0.25, -0.2) is 28.1 Å². The zero-order valence-corrected chi connectivity index (χ0v) is 17.3. The van der Waals surface area contributed by atoms with E-state index in [0.29, 0.717) is 4.57 Å². The molecule has 160 valence electrons. The quantitative estimate of drug-likeness (QED) is 0.500. The molecule has 1 saturated carbocycles. The zero-order valence-electron chi connectivity index (χ0n) is 15.7. The number of carboxylic acids is 1. The molecule has 1 heterocycles. The zero-order chi connectivity index (χ0) is 22.4. The van der Waals surface area contributed by atoms with Crippen LogP contribution >= 0.6 is 23.8 Å². The summed E-state index contributed by atoms with van der Waals surface area (Å²) < 4.78 is 27.3. The van der Waals surface area contributed by atoms with Gasteiger partial charge in [-0.05, 0) is 18.3 Å². The third-order valence-corrected chi connectivity index (χ3v) is 5.32. The van der Waals surface area contributed by atoms with Crippen molar-refractivity contribution in [2.75, 3.05) is 6.61 Å². The van der Waals surface area contributed by atoms with Crippen LogP contribution in [0.25, 0.3) is 5.69 Å². The number of carboxylic acid groups (broad SMARTS) is 1. The highest BCUT2D eigenvalue weighted by molar-refractivity contribution is 7.71. The van der Waals surface area contributed by atoms with Gasteiger partial charge in [0.2, 0.25) is 5.60 Å². The number of ether oxygens (including phenoxy) is 2. The third-order valence-electron chi connectivity index (χ3n) is 4.48. The summed E-state index contributed by atoms with van der Waals surface area (Å²) in [6.45, 7) is -0.846. The van der Waals surface area contributed by atoms with Gasteiger partial charge in [-0.15, -0.1) is 0 Å². The molecular formula is C17H15ClFN3O7S. The second-order valence-corrected chi connectivity index (χ2v) is 7.37. The number of carbonyl (C=O) groups excluding carboxylic acids is 1. The Morgan fingerprint density at radius 2 is 1.80 bits per heavy atom. The van der Waals surface area contributed by atoms with Gasteiger partial charge < -0.3 is 14.6 Å². The molecule has 1 fully saturated rings. The Morgan fingerprint density at radius 3 is 2.30 bits per heavy atom. The Kier molecular flexibility index (Phi) is 5.56. The summed E-state index contributed by atoms with van der Waals surface area (Å²) in [5.74, 6) is -3.42. The standard InChI is InChI=1S/C17H15ClFN3O7S/c1-20-14(26)22(15(27)21(2)16(20)30)10-6-11(8(18)5-9(10)19)29-17(3-4-17)13(25)28-7-12(23)24/h5-6H,3-4,7H2,1-2H3,(H,23,24). The fourth-order valence-corrected chi connectivity index (χ4v) is 3.02. The predicted molar refractivity (Wildman–Crippen MR) is 103 cm³/mol. The lowest BCUT2D eigenvalue weighted by atomic mass is 10.2. The van der Waals surface area contributed by atoms with Crippen LogP contribution in [0.15, 0.2) is 21.7 Å². The van der Waals surface area contributed by atoms with Crippen LogP contribution < -0.4 is 16.1 Å². The molecule has 1 aliphatic rings. The van der Waals surface area contributed by atoms with Crippen LogP contribution in [0, 0.1) is 10.6 Å². The summed E-state index contributed by atoms with van der Waals surface area (Å²) in [5.41, 5.74) is -3.71. The normalized spacial score (nSPS) is 14.3. The molecule has 0 saturated heterocycles. The number of esters is 1. The van der Waals surface area contributed by atoms with E-state index in [1.54, 1.807) is 0 Å². The molecule has 13 heteroatoms. The molecular weight excluding hydrogens is 445 g/mol. The monoisotopic (exact) mass is 459 g/mol. The van der Waals surface area contributed by atoms with Crippen molar-refractivity contribution >= 4 is 35.8 Å². The van der Waals surface area contributed by atoms with Gasteiger partial charge >= 0.3 is 23.3 Å². The van der Waals surface area contributed by atoms with E-state index in [4.69, 9.17) is 33.7 Å². The molecule has 0 spiro atoms. The summed E-state index contributed by atoms with van der Waals surface area (Å²) in [7, 11) is 2.65. The number of benzene rings is 1. The van der Waals surface area contributed by atoms with E-state index in [-0.39, 0.29) is 28.4 Å². The van der Waals surface area contributed by atoms with Crippen LogP contribution in [0.4, 0.5) is 4.39 Å². The molecule has 0 radical (unpaired) electrons. The summed E-state index contributed by atoms with van der Waals surface area (Å²) in [4.78, 5) is 47.8. The van der Waals surface area contributed by atoms with Crippen LogP contribution in [-0.4, -0.2) is 43.0 Å². The smallest absolute Gasteiger partial charge is 0.351 e. The van der Waals surface area contributed by atoms with Crippen LogP contribution in [0.2, 0.25) is 5.02 Å². The largest absolute Gasteiger partial charge is 0.479 e. The molecule has 1 N–H and O–H groups in total. The number of nitrogens with zero attached hydrogens (tertiary/aromatic N) is 3. The Morgan fingerprint density at radius 1 is 1.23 bits per heavy atom. The van der Waals surface area contributed by atoms with Crippen molar-refractivity contribution in [1.29, 1.82) is 0 Å². The van der Waals surface area contributed by atoms with E-state index in [9.17, 15) is 23.6 Å². The van der Waals surface area contributed by atoms with Gasteiger partial charge in [0.15, 0.2) is 11.4 Å². The molecule has 10 nitrogen and oxygen atoms in total. The highest BCUT2D eigenvalue weighted by atomic mass is 35.5. The Bertz CT molecular complexity index is 1210. The lowest BCUT2D eigenvalue weighted by Gasteiger charge is -2.19. The van der Waals surface area contributed by atoms with E-state index < -0.39 is 47.0 Å². The molecule has 1 aliphatic carbocycles. The number of aliphatic carboxylic acids is 1. The average Bonchev–Trinajstić information content (AvgIpc) is 3.47. The lowest BCUT2D eigenvalue weighted by molar-refractivity contribution is -0.162. The molecule has 0 aliphatic heterocycles. The number of rotatable bonds is 6. The second kappa shape index (κ2) is 7.69. The number of carbonyl (C=O) groups is 2. The van der Waals surface area contributed by atoms with Crippen molar-refractivity contribution in [3.63, 3.8) is 0 Å². The van der Waals surface area contributed by atoms with E-state index in [0.717, 1.165) is 21.3 Å². The Labute approximate surface area is 177 Å². The number of aromatic nitrogens is 3. The van der Waals surface area contributed by atoms with Crippen LogP contribution in [0.5, 0.6) is 5.75 Å². The lowest BCUT2D eigenvalue weighted by Crippen LogP contribution is -2.43. The Balaban J connectivity index is 2.07. The van der Waals surface area contributed by atoms with E-state index in [2.05, 4.69) is 4.74 Å². The Hall–Kier alpha value is -2.99.